The summed E-state index contributed by atoms with van der Waals surface area (Å²) in [6.45, 7) is 4.77. The summed E-state index contributed by atoms with van der Waals surface area (Å²) < 4.78 is 0. The molecule has 11 heavy (non-hydrogen) atoms. The Morgan fingerprint density at radius 1 is 1.73 bits per heavy atom. The third kappa shape index (κ3) is 2.05. The zero-order valence-corrected chi connectivity index (χ0v) is 6.93. The van der Waals surface area contributed by atoms with E-state index in [0.717, 1.165) is 31.8 Å². The summed E-state index contributed by atoms with van der Waals surface area (Å²) in [4.78, 5) is 4.34. The third-order valence-electron chi connectivity index (χ3n) is 1.78. The van der Waals surface area contributed by atoms with Crippen LogP contribution in [0, 0.1) is 0 Å². The molecule has 3 N–H and O–H groups in total. The van der Waals surface area contributed by atoms with E-state index < -0.39 is 0 Å². The van der Waals surface area contributed by atoms with E-state index in [0.29, 0.717) is 0 Å². The summed E-state index contributed by atoms with van der Waals surface area (Å²) in [7, 11) is 0. The maximum absolute atomic E-state index is 5.45. The molecule has 1 aliphatic heterocycles. The Kier molecular flexibility index (Phi) is 3.11. The second-order valence-electron chi connectivity index (χ2n) is 2.54. The topological polar surface area (TPSA) is 50.4 Å². The highest BCUT2D eigenvalue weighted by Gasteiger charge is 2.10. The number of hydrogen-bond donors (Lipinski definition) is 2. The van der Waals surface area contributed by atoms with Gasteiger partial charge in [-0.1, -0.05) is 0 Å². The molecule has 3 heteroatoms. The van der Waals surface area contributed by atoms with Crippen LogP contribution in [-0.4, -0.2) is 25.3 Å². The molecule has 0 unspecified atom stereocenters. The lowest BCUT2D eigenvalue weighted by Gasteiger charge is -2.17. The van der Waals surface area contributed by atoms with Crippen LogP contribution in [0.4, 0.5) is 0 Å². The van der Waals surface area contributed by atoms with E-state index in [-0.39, 0.29) is 0 Å². The van der Waals surface area contributed by atoms with Gasteiger partial charge in [-0.25, -0.2) is 0 Å². The summed E-state index contributed by atoms with van der Waals surface area (Å²) in [5, 5.41) is 3.26. The first-order valence-electron chi connectivity index (χ1n) is 4.03. The molecule has 0 radical (unpaired) electrons. The Morgan fingerprint density at radius 2 is 2.55 bits per heavy atom. The molecule has 0 amide bonds. The van der Waals surface area contributed by atoms with Crippen molar-refractivity contribution in [1.29, 1.82) is 0 Å². The third-order valence-corrected chi connectivity index (χ3v) is 1.78. The Hall–Kier alpha value is -0.830. The average molecular weight is 153 g/mol. The van der Waals surface area contributed by atoms with Crippen LogP contribution in [-0.2, 0) is 0 Å². The van der Waals surface area contributed by atoms with Crippen molar-refractivity contribution in [2.24, 2.45) is 10.7 Å². The highest BCUT2D eigenvalue weighted by atomic mass is 14.9. The van der Waals surface area contributed by atoms with Gasteiger partial charge in [0, 0.05) is 13.1 Å². The molecule has 0 aromatic rings. The molecule has 3 nitrogen and oxygen atoms in total. The number of aliphatic imine (C=N–C) groups is 1. The fourth-order valence-corrected chi connectivity index (χ4v) is 1.22. The van der Waals surface area contributed by atoms with Crippen LogP contribution in [0.1, 0.15) is 13.3 Å². The van der Waals surface area contributed by atoms with Crippen molar-refractivity contribution in [3.63, 3.8) is 0 Å². The summed E-state index contributed by atoms with van der Waals surface area (Å²) in [5.41, 5.74) is 7.78. The number of nitrogens with one attached hydrogen (secondary N) is 1. The Bertz CT molecular complexity index is 182. The molecule has 0 aromatic heterocycles. The smallest absolute Gasteiger partial charge is 0.0532 e. The van der Waals surface area contributed by atoms with E-state index in [1.807, 2.05) is 6.92 Å². The summed E-state index contributed by atoms with van der Waals surface area (Å²) >= 11 is 0. The SMILES string of the molecule is CCN=C1CNCCC1=CN. The van der Waals surface area contributed by atoms with Gasteiger partial charge >= 0.3 is 0 Å². The molecule has 1 saturated heterocycles. The van der Waals surface area contributed by atoms with Gasteiger partial charge in [0.05, 0.1) is 5.71 Å². The van der Waals surface area contributed by atoms with Gasteiger partial charge in [-0.3, -0.25) is 4.99 Å². The highest BCUT2D eigenvalue weighted by Crippen LogP contribution is 2.06. The largest absolute Gasteiger partial charge is 0.404 e. The predicted octanol–water partition coefficient (Wildman–Crippen LogP) is 0.283. The Morgan fingerprint density at radius 3 is 3.18 bits per heavy atom. The lowest BCUT2D eigenvalue weighted by Crippen LogP contribution is -2.32. The normalized spacial score (nSPS) is 26.3. The van der Waals surface area contributed by atoms with Gasteiger partial charge < -0.3 is 11.1 Å². The van der Waals surface area contributed by atoms with E-state index in [9.17, 15) is 0 Å². The van der Waals surface area contributed by atoms with Crippen LogP contribution < -0.4 is 11.1 Å². The number of piperidine rings is 1. The lowest BCUT2D eigenvalue weighted by atomic mass is 10.0. The lowest BCUT2D eigenvalue weighted by molar-refractivity contribution is 0.728. The molecule has 0 atom stereocenters. The first kappa shape index (κ1) is 8.27. The van der Waals surface area contributed by atoms with Crippen LogP contribution in [0.2, 0.25) is 0 Å². The zero-order chi connectivity index (χ0) is 8.10. The van der Waals surface area contributed by atoms with Gasteiger partial charge in [-0.2, -0.15) is 0 Å². The minimum Gasteiger partial charge on any atom is -0.404 e. The van der Waals surface area contributed by atoms with Gasteiger partial charge in [0.25, 0.3) is 0 Å². The maximum Gasteiger partial charge on any atom is 0.0532 e. The van der Waals surface area contributed by atoms with Crippen LogP contribution in [0.5, 0.6) is 0 Å². The molecule has 1 heterocycles. The minimum atomic E-state index is 0.842. The Balaban J connectivity index is 2.67. The van der Waals surface area contributed by atoms with E-state index in [1.165, 1.54) is 5.57 Å². The minimum absolute atomic E-state index is 0.842. The van der Waals surface area contributed by atoms with Crippen molar-refractivity contribution in [2.75, 3.05) is 19.6 Å². The number of nitrogens with two attached hydrogens (primary N) is 1. The number of hydrogen-bond acceptors (Lipinski definition) is 3. The molecule has 0 aromatic carbocycles. The molecular weight excluding hydrogens is 138 g/mol. The predicted molar refractivity (Wildman–Crippen MR) is 47.7 cm³/mol. The highest BCUT2D eigenvalue weighted by molar-refractivity contribution is 6.02. The van der Waals surface area contributed by atoms with Crippen molar-refractivity contribution < 1.29 is 0 Å². The van der Waals surface area contributed by atoms with Crippen molar-refractivity contribution >= 4 is 5.71 Å². The van der Waals surface area contributed by atoms with E-state index >= 15 is 0 Å². The number of nitrogens with zero attached hydrogens (tertiary/aromatic N) is 1. The molecule has 62 valence electrons. The first-order valence-corrected chi connectivity index (χ1v) is 4.03. The van der Waals surface area contributed by atoms with Crippen molar-refractivity contribution in [3.05, 3.63) is 11.8 Å². The van der Waals surface area contributed by atoms with Gasteiger partial charge in [0.1, 0.15) is 0 Å². The first-order chi connectivity index (χ1) is 5.38. The fraction of sp³-hybridized carbons (Fsp3) is 0.625. The van der Waals surface area contributed by atoms with Crippen LogP contribution in [0.25, 0.3) is 0 Å². The van der Waals surface area contributed by atoms with Crippen molar-refractivity contribution in [3.8, 4) is 0 Å². The molecule has 1 aliphatic rings. The van der Waals surface area contributed by atoms with Crippen LogP contribution in [0.15, 0.2) is 16.8 Å². The zero-order valence-electron chi connectivity index (χ0n) is 6.93. The van der Waals surface area contributed by atoms with Gasteiger partial charge in [0.15, 0.2) is 0 Å². The molecule has 0 saturated carbocycles. The summed E-state index contributed by atoms with van der Waals surface area (Å²) in [6, 6.07) is 0. The number of rotatable bonds is 1. The molecule has 0 bridgehead atoms. The van der Waals surface area contributed by atoms with Gasteiger partial charge in [0.2, 0.25) is 0 Å². The van der Waals surface area contributed by atoms with Crippen LogP contribution >= 0.6 is 0 Å². The van der Waals surface area contributed by atoms with Gasteiger partial charge in [-0.05, 0) is 31.7 Å². The molecular formula is C8H15N3. The average Bonchev–Trinajstić information content (AvgIpc) is 2.06. The van der Waals surface area contributed by atoms with E-state index in [2.05, 4.69) is 10.3 Å². The second kappa shape index (κ2) is 4.13. The van der Waals surface area contributed by atoms with E-state index in [4.69, 9.17) is 5.73 Å². The Labute approximate surface area is 67.4 Å². The van der Waals surface area contributed by atoms with Gasteiger partial charge in [-0.15, -0.1) is 0 Å². The molecule has 1 fully saturated rings. The van der Waals surface area contributed by atoms with Crippen LogP contribution in [0.3, 0.4) is 0 Å². The van der Waals surface area contributed by atoms with Crippen molar-refractivity contribution in [2.45, 2.75) is 13.3 Å². The van der Waals surface area contributed by atoms with E-state index in [1.54, 1.807) is 6.20 Å². The molecule has 0 spiro atoms. The van der Waals surface area contributed by atoms with Crippen molar-refractivity contribution in [1.82, 2.24) is 5.32 Å². The fourth-order valence-electron chi connectivity index (χ4n) is 1.22. The monoisotopic (exact) mass is 153 g/mol. The summed E-state index contributed by atoms with van der Waals surface area (Å²) in [6.07, 6.45) is 2.69. The quantitative estimate of drug-likeness (QED) is 0.568. The molecule has 1 rings (SSSR count). The maximum atomic E-state index is 5.45. The summed E-state index contributed by atoms with van der Waals surface area (Å²) in [5.74, 6) is 0. The molecule has 0 aliphatic carbocycles. The second-order valence-corrected chi connectivity index (χ2v) is 2.54. The standard InChI is InChI=1S/C8H15N3/c1-2-11-8-6-10-4-3-7(8)5-9/h5,10H,2-4,6,9H2,1H3.